The summed E-state index contributed by atoms with van der Waals surface area (Å²) in [5.41, 5.74) is 0.551. The second-order valence-electron chi connectivity index (χ2n) is 6.15. The van der Waals surface area contributed by atoms with E-state index in [4.69, 9.17) is 0 Å². The van der Waals surface area contributed by atoms with Crippen LogP contribution in [0.1, 0.15) is 30.0 Å². The maximum absolute atomic E-state index is 12.6. The molecule has 1 atom stereocenters. The first-order valence-corrected chi connectivity index (χ1v) is 8.14. The molecule has 0 unspecified atom stereocenters. The molecule has 1 aliphatic rings. The van der Waals surface area contributed by atoms with Crippen LogP contribution in [-0.2, 0) is 18.9 Å². The number of likely N-dealkylation sites (tertiary alicyclic amines) is 1. The summed E-state index contributed by atoms with van der Waals surface area (Å²) >= 11 is 0. The zero-order valence-corrected chi connectivity index (χ0v) is 14.3. The minimum absolute atomic E-state index is 0.0307. The number of carbonyl (C=O) groups excluding carboxylic acids is 1. The van der Waals surface area contributed by atoms with Gasteiger partial charge in [-0.2, -0.15) is 0 Å². The number of carbonyl (C=O) groups is 1. The van der Waals surface area contributed by atoms with Crippen LogP contribution in [0.3, 0.4) is 0 Å². The van der Waals surface area contributed by atoms with Gasteiger partial charge in [-0.05, 0) is 36.6 Å². The van der Waals surface area contributed by atoms with Gasteiger partial charge in [0.15, 0.2) is 0 Å². The summed E-state index contributed by atoms with van der Waals surface area (Å²) < 4.78 is 2.35. The highest BCUT2D eigenvalue weighted by molar-refractivity contribution is 5.92. The van der Waals surface area contributed by atoms with Crippen LogP contribution < -0.4 is 11.2 Å². The number of nitrogens with zero attached hydrogens (tertiary/aromatic N) is 4. The molecule has 0 radical (unpaired) electrons. The smallest absolute Gasteiger partial charge is 0.330 e. The van der Waals surface area contributed by atoms with Crippen molar-refractivity contribution in [2.24, 2.45) is 14.1 Å². The molecule has 1 aliphatic heterocycles. The van der Waals surface area contributed by atoms with Gasteiger partial charge in [0.05, 0.1) is 11.6 Å². The Balaban J connectivity index is 1.84. The van der Waals surface area contributed by atoms with E-state index in [0.717, 1.165) is 23.0 Å². The van der Waals surface area contributed by atoms with Crippen molar-refractivity contribution in [1.29, 1.82) is 0 Å². The molecule has 1 saturated heterocycles. The molecular weight excluding hydrogens is 320 g/mol. The van der Waals surface area contributed by atoms with Gasteiger partial charge in [0.2, 0.25) is 5.91 Å². The number of pyridine rings is 1. The van der Waals surface area contributed by atoms with Crippen molar-refractivity contribution in [1.82, 2.24) is 19.0 Å². The number of amides is 1. The third-order valence-electron chi connectivity index (χ3n) is 4.51. The quantitative estimate of drug-likeness (QED) is 0.777. The maximum atomic E-state index is 12.6. The fourth-order valence-electron chi connectivity index (χ4n) is 3.17. The fraction of sp³-hybridized carbons (Fsp3) is 0.333. The Bertz CT molecular complexity index is 928. The van der Waals surface area contributed by atoms with Gasteiger partial charge in [-0.25, -0.2) is 4.79 Å². The molecular formula is C18H20N4O3. The summed E-state index contributed by atoms with van der Waals surface area (Å²) in [4.78, 5) is 42.3. The molecule has 1 amide bonds. The molecule has 1 fully saturated rings. The van der Waals surface area contributed by atoms with E-state index in [-0.39, 0.29) is 11.9 Å². The molecule has 0 spiro atoms. The highest BCUT2D eigenvalue weighted by atomic mass is 16.2. The minimum atomic E-state index is -0.417. The van der Waals surface area contributed by atoms with E-state index < -0.39 is 11.2 Å². The Kier molecular flexibility index (Phi) is 4.65. The lowest BCUT2D eigenvalue weighted by molar-refractivity contribution is -0.126. The van der Waals surface area contributed by atoms with Crippen LogP contribution in [0.5, 0.6) is 0 Å². The Morgan fingerprint density at radius 2 is 1.96 bits per heavy atom. The third kappa shape index (κ3) is 3.31. The van der Waals surface area contributed by atoms with Gasteiger partial charge in [-0.1, -0.05) is 0 Å². The number of rotatable bonds is 3. The fourth-order valence-corrected chi connectivity index (χ4v) is 3.17. The molecule has 3 heterocycles. The van der Waals surface area contributed by atoms with Gasteiger partial charge < -0.3 is 9.47 Å². The summed E-state index contributed by atoms with van der Waals surface area (Å²) in [7, 11) is 2.99. The molecule has 0 aliphatic carbocycles. The summed E-state index contributed by atoms with van der Waals surface area (Å²) in [6, 6.07) is 3.87. The molecule has 25 heavy (non-hydrogen) atoms. The van der Waals surface area contributed by atoms with Crippen molar-refractivity contribution in [2.45, 2.75) is 18.9 Å². The van der Waals surface area contributed by atoms with Crippen molar-refractivity contribution in [3.63, 3.8) is 0 Å². The van der Waals surface area contributed by atoms with E-state index in [1.165, 1.54) is 30.0 Å². The Labute approximate surface area is 144 Å². The van der Waals surface area contributed by atoms with Crippen LogP contribution in [0.15, 0.2) is 46.4 Å². The highest BCUT2D eigenvalue weighted by Gasteiger charge is 2.28. The Morgan fingerprint density at radius 1 is 1.24 bits per heavy atom. The zero-order chi connectivity index (χ0) is 18.0. The Morgan fingerprint density at radius 3 is 2.68 bits per heavy atom. The number of hydrogen-bond donors (Lipinski definition) is 0. The van der Waals surface area contributed by atoms with E-state index in [0.29, 0.717) is 12.1 Å². The van der Waals surface area contributed by atoms with Gasteiger partial charge in [0.25, 0.3) is 5.56 Å². The average molecular weight is 340 g/mol. The molecule has 7 heteroatoms. The van der Waals surface area contributed by atoms with Gasteiger partial charge in [-0.15, -0.1) is 0 Å². The van der Waals surface area contributed by atoms with Crippen LogP contribution in [0, 0.1) is 0 Å². The molecule has 3 rings (SSSR count). The highest BCUT2D eigenvalue weighted by Crippen LogP contribution is 2.31. The molecule has 0 saturated carbocycles. The van der Waals surface area contributed by atoms with Gasteiger partial charge in [-0.3, -0.25) is 19.1 Å². The van der Waals surface area contributed by atoms with Crippen LogP contribution in [0.2, 0.25) is 0 Å². The predicted octanol–water partition coefficient (Wildman–Crippen LogP) is 0.856. The molecule has 0 N–H and O–H groups in total. The van der Waals surface area contributed by atoms with E-state index in [1.807, 2.05) is 12.1 Å². The second-order valence-corrected chi connectivity index (χ2v) is 6.15. The van der Waals surface area contributed by atoms with Crippen molar-refractivity contribution in [3.8, 4) is 0 Å². The molecule has 2 aromatic rings. The van der Waals surface area contributed by atoms with Crippen molar-refractivity contribution in [3.05, 3.63) is 68.8 Å². The average Bonchev–Trinajstić information content (AvgIpc) is 3.12. The van der Waals surface area contributed by atoms with Crippen LogP contribution >= 0.6 is 0 Å². The Hall–Kier alpha value is -2.96. The lowest BCUT2D eigenvalue weighted by Crippen LogP contribution is -2.37. The lowest BCUT2D eigenvalue weighted by Gasteiger charge is -2.23. The monoisotopic (exact) mass is 340 g/mol. The first kappa shape index (κ1) is 16.9. The van der Waals surface area contributed by atoms with Crippen LogP contribution in [-0.4, -0.2) is 31.5 Å². The first-order chi connectivity index (χ1) is 12.0. The molecule has 0 aromatic carbocycles. The summed E-state index contributed by atoms with van der Waals surface area (Å²) in [6.07, 6.45) is 9.62. The van der Waals surface area contributed by atoms with Crippen molar-refractivity contribution < 1.29 is 4.79 Å². The third-order valence-corrected chi connectivity index (χ3v) is 4.51. The normalized spacial score (nSPS) is 17.4. The minimum Gasteiger partial charge on any atom is -0.332 e. The van der Waals surface area contributed by atoms with E-state index in [2.05, 4.69) is 4.98 Å². The molecule has 2 aromatic heterocycles. The SMILES string of the molecule is Cn1cc(/C=C/C(=O)N2CCC[C@@H]2c2ccncc2)c(=O)n(C)c1=O. The maximum Gasteiger partial charge on any atom is 0.330 e. The predicted molar refractivity (Wildman–Crippen MR) is 93.9 cm³/mol. The summed E-state index contributed by atoms with van der Waals surface area (Å²) in [5, 5.41) is 0. The number of hydrogen-bond acceptors (Lipinski definition) is 4. The van der Waals surface area contributed by atoms with E-state index in [9.17, 15) is 14.4 Å². The molecule has 0 bridgehead atoms. The summed E-state index contributed by atoms with van der Waals surface area (Å²) in [6.45, 7) is 0.682. The first-order valence-electron chi connectivity index (χ1n) is 8.14. The number of aromatic nitrogens is 3. The molecule has 130 valence electrons. The van der Waals surface area contributed by atoms with E-state index in [1.54, 1.807) is 24.3 Å². The van der Waals surface area contributed by atoms with Crippen LogP contribution in [0.4, 0.5) is 0 Å². The molecule has 7 nitrogen and oxygen atoms in total. The van der Waals surface area contributed by atoms with Crippen molar-refractivity contribution >= 4 is 12.0 Å². The topological polar surface area (TPSA) is 77.2 Å². The van der Waals surface area contributed by atoms with E-state index >= 15 is 0 Å². The van der Waals surface area contributed by atoms with Gasteiger partial charge in [0.1, 0.15) is 0 Å². The lowest BCUT2D eigenvalue weighted by atomic mass is 10.1. The van der Waals surface area contributed by atoms with Gasteiger partial charge >= 0.3 is 5.69 Å². The standard InChI is InChI=1S/C18H20N4O3/c1-20-12-14(17(24)21(2)18(20)25)5-6-16(23)22-11-3-4-15(22)13-7-9-19-10-8-13/h5-10,12,15H,3-4,11H2,1-2H3/b6-5+/t15-/m1/s1. The summed E-state index contributed by atoms with van der Waals surface area (Å²) in [5.74, 6) is -0.143. The second kappa shape index (κ2) is 6.88. The van der Waals surface area contributed by atoms with Crippen LogP contribution in [0.25, 0.3) is 6.08 Å². The largest absolute Gasteiger partial charge is 0.332 e. The van der Waals surface area contributed by atoms with Crippen molar-refractivity contribution in [2.75, 3.05) is 6.54 Å². The zero-order valence-electron chi connectivity index (χ0n) is 14.3. The number of aryl methyl sites for hydroxylation is 1. The van der Waals surface area contributed by atoms with Gasteiger partial charge in [0, 0.05) is 45.3 Å².